The fraction of sp³-hybridized carbons (Fsp3) is 0.211. The molecule has 0 aliphatic carbocycles. The molecule has 0 amide bonds. The quantitative estimate of drug-likeness (QED) is 0.608. The van der Waals surface area contributed by atoms with Gasteiger partial charge in [-0.05, 0) is 37.6 Å². The summed E-state index contributed by atoms with van der Waals surface area (Å²) >= 11 is 3.41. The van der Waals surface area contributed by atoms with Gasteiger partial charge >= 0.3 is 0 Å². The van der Waals surface area contributed by atoms with Gasteiger partial charge in [-0.2, -0.15) is 9.78 Å². The molecule has 0 radical (unpaired) electrons. The molecule has 0 spiro atoms. The van der Waals surface area contributed by atoms with E-state index in [9.17, 15) is 4.79 Å². The van der Waals surface area contributed by atoms with E-state index in [1.807, 2.05) is 31.2 Å². The second kappa shape index (κ2) is 7.29. The Hall–Kier alpha value is -2.67. The van der Waals surface area contributed by atoms with E-state index in [1.165, 1.54) is 11.8 Å². The van der Waals surface area contributed by atoms with Gasteiger partial charge in [-0.25, -0.2) is 4.98 Å². The van der Waals surface area contributed by atoms with Gasteiger partial charge in [0, 0.05) is 10.5 Å². The maximum atomic E-state index is 12.9. The Labute approximate surface area is 159 Å². The number of fused-ring (bicyclic) bond motifs is 1. The number of aromatic nitrogens is 2. The second-order valence-electron chi connectivity index (χ2n) is 5.69. The summed E-state index contributed by atoms with van der Waals surface area (Å²) in [5, 5.41) is 4.89. The first-order valence-electron chi connectivity index (χ1n) is 7.91. The molecule has 0 aliphatic rings. The van der Waals surface area contributed by atoms with Crippen molar-refractivity contribution in [3.05, 3.63) is 62.6 Å². The monoisotopic (exact) mass is 415 g/mol. The molecule has 0 N–H and O–H groups in total. The summed E-state index contributed by atoms with van der Waals surface area (Å²) in [5.41, 5.74) is 1.92. The molecule has 26 heavy (non-hydrogen) atoms. The largest absolute Gasteiger partial charge is 0.493 e. The summed E-state index contributed by atoms with van der Waals surface area (Å²) in [6, 6.07) is 11.1. The van der Waals surface area contributed by atoms with Crippen molar-refractivity contribution in [2.45, 2.75) is 13.8 Å². The molecule has 1 aromatic heterocycles. The molecule has 0 atom stereocenters. The van der Waals surface area contributed by atoms with Gasteiger partial charge in [0.15, 0.2) is 11.5 Å². The van der Waals surface area contributed by atoms with Crippen LogP contribution in [0.5, 0.6) is 11.5 Å². The number of rotatable bonds is 4. The van der Waals surface area contributed by atoms with Crippen molar-refractivity contribution >= 4 is 32.5 Å². The fourth-order valence-electron chi connectivity index (χ4n) is 2.63. The van der Waals surface area contributed by atoms with Crippen molar-refractivity contribution < 1.29 is 9.47 Å². The molecule has 0 bridgehead atoms. The predicted octanol–water partition coefficient (Wildman–Crippen LogP) is 3.76. The van der Waals surface area contributed by atoms with Crippen LogP contribution >= 0.6 is 15.9 Å². The van der Waals surface area contributed by atoms with Crippen LogP contribution in [0.25, 0.3) is 10.9 Å². The average molecular weight is 416 g/mol. The minimum absolute atomic E-state index is 0.259. The first kappa shape index (κ1) is 18.1. The fourth-order valence-corrected chi connectivity index (χ4v) is 2.90. The Balaban J connectivity index is 2.18. The number of aryl methyl sites for hydroxylation is 1. The summed E-state index contributed by atoms with van der Waals surface area (Å²) < 4.78 is 12.9. The molecule has 3 rings (SSSR count). The van der Waals surface area contributed by atoms with Gasteiger partial charge in [-0.1, -0.05) is 28.1 Å². The van der Waals surface area contributed by atoms with Crippen LogP contribution in [0, 0.1) is 6.92 Å². The zero-order valence-electron chi connectivity index (χ0n) is 14.9. The Morgan fingerprint density at radius 1 is 1.12 bits per heavy atom. The van der Waals surface area contributed by atoms with E-state index in [0.29, 0.717) is 33.9 Å². The molecule has 0 fully saturated rings. The van der Waals surface area contributed by atoms with Gasteiger partial charge in [0.25, 0.3) is 5.56 Å². The summed E-state index contributed by atoms with van der Waals surface area (Å²) in [4.78, 5) is 17.4. The van der Waals surface area contributed by atoms with Crippen molar-refractivity contribution in [1.82, 2.24) is 9.66 Å². The summed E-state index contributed by atoms with van der Waals surface area (Å²) in [7, 11) is 3.07. The van der Waals surface area contributed by atoms with Crippen LogP contribution in [-0.4, -0.2) is 29.6 Å². The highest BCUT2D eigenvalue weighted by Crippen LogP contribution is 2.30. The summed E-state index contributed by atoms with van der Waals surface area (Å²) in [5.74, 6) is 1.49. The maximum absolute atomic E-state index is 12.9. The number of hydrogen-bond donors (Lipinski definition) is 0. The molecular weight excluding hydrogens is 398 g/mol. The third kappa shape index (κ3) is 3.35. The highest BCUT2D eigenvalue weighted by molar-refractivity contribution is 9.10. The highest BCUT2D eigenvalue weighted by Gasteiger charge is 2.13. The average Bonchev–Trinajstić information content (AvgIpc) is 2.64. The zero-order chi connectivity index (χ0) is 18.8. The van der Waals surface area contributed by atoms with Crippen LogP contribution in [0.4, 0.5) is 0 Å². The van der Waals surface area contributed by atoms with E-state index < -0.39 is 0 Å². The van der Waals surface area contributed by atoms with Gasteiger partial charge < -0.3 is 9.47 Å². The van der Waals surface area contributed by atoms with Gasteiger partial charge in [0.1, 0.15) is 5.82 Å². The van der Waals surface area contributed by atoms with Crippen molar-refractivity contribution in [3.8, 4) is 11.5 Å². The molecule has 3 aromatic rings. The highest BCUT2D eigenvalue weighted by atomic mass is 79.9. The first-order valence-corrected chi connectivity index (χ1v) is 8.70. The standard InChI is InChI=1S/C19H18BrN3O3/c1-11(13-5-7-14(20)8-6-13)22-23-12(2)21-16-10-18(26-4)17(25-3)9-15(16)19(23)24/h5-10H,1-4H3. The summed E-state index contributed by atoms with van der Waals surface area (Å²) in [6.07, 6.45) is 0. The smallest absolute Gasteiger partial charge is 0.282 e. The Morgan fingerprint density at radius 2 is 1.73 bits per heavy atom. The van der Waals surface area contributed by atoms with E-state index in [-0.39, 0.29) is 5.56 Å². The van der Waals surface area contributed by atoms with E-state index in [1.54, 1.807) is 26.2 Å². The minimum atomic E-state index is -0.259. The Morgan fingerprint density at radius 3 is 2.35 bits per heavy atom. The third-order valence-electron chi connectivity index (χ3n) is 4.03. The molecular formula is C19H18BrN3O3. The third-order valence-corrected chi connectivity index (χ3v) is 4.55. The number of methoxy groups -OCH3 is 2. The number of ether oxygens (including phenoxy) is 2. The van der Waals surface area contributed by atoms with Gasteiger partial charge in [0.2, 0.25) is 0 Å². The summed E-state index contributed by atoms with van der Waals surface area (Å²) in [6.45, 7) is 3.60. The van der Waals surface area contributed by atoms with Crippen LogP contribution < -0.4 is 15.0 Å². The van der Waals surface area contributed by atoms with E-state index in [4.69, 9.17) is 9.47 Å². The molecule has 134 valence electrons. The topological polar surface area (TPSA) is 65.7 Å². The van der Waals surface area contributed by atoms with Crippen molar-refractivity contribution in [2.24, 2.45) is 5.10 Å². The van der Waals surface area contributed by atoms with Crippen LogP contribution in [-0.2, 0) is 0 Å². The number of benzene rings is 2. The SMILES string of the molecule is COc1cc2nc(C)n(N=C(C)c3ccc(Br)cc3)c(=O)c2cc1OC. The normalized spacial score (nSPS) is 11.7. The molecule has 0 saturated carbocycles. The molecule has 0 aliphatic heterocycles. The molecule has 0 unspecified atom stereocenters. The number of hydrogen-bond acceptors (Lipinski definition) is 5. The Bertz CT molecular complexity index is 1060. The second-order valence-corrected chi connectivity index (χ2v) is 6.61. The lowest BCUT2D eigenvalue weighted by Gasteiger charge is -2.11. The lowest BCUT2D eigenvalue weighted by molar-refractivity contribution is 0.355. The van der Waals surface area contributed by atoms with Crippen molar-refractivity contribution in [1.29, 1.82) is 0 Å². The van der Waals surface area contributed by atoms with Crippen LogP contribution in [0.2, 0.25) is 0 Å². The van der Waals surface area contributed by atoms with E-state index >= 15 is 0 Å². The molecule has 2 aromatic carbocycles. The number of nitrogens with zero attached hydrogens (tertiary/aromatic N) is 3. The van der Waals surface area contributed by atoms with Gasteiger partial charge in [-0.15, -0.1) is 0 Å². The lowest BCUT2D eigenvalue weighted by Crippen LogP contribution is -2.22. The van der Waals surface area contributed by atoms with E-state index in [2.05, 4.69) is 26.0 Å². The molecule has 0 saturated heterocycles. The van der Waals surface area contributed by atoms with Gasteiger partial charge in [-0.3, -0.25) is 4.79 Å². The predicted molar refractivity (Wildman–Crippen MR) is 106 cm³/mol. The first-order chi connectivity index (χ1) is 12.4. The van der Waals surface area contributed by atoms with Crippen LogP contribution in [0.15, 0.2) is 50.8 Å². The maximum Gasteiger partial charge on any atom is 0.282 e. The molecule has 1 heterocycles. The zero-order valence-corrected chi connectivity index (χ0v) is 16.5. The van der Waals surface area contributed by atoms with Gasteiger partial charge in [0.05, 0.1) is 30.8 Å². The molecule has 7 heteroatoms. The van der Waals surface area contributed by atoms with Crippen molar-refractivity contribution in [2.75, 3.05) is 14.2 Å². The van der Waals surface area contributed by atoms with Crippen molar-refractivity contribution in [3.63, 3.8) is 0 Å². The molecule has 6 nitrogen and oxygen atoms in total. The van der Waals surface area contributed by atoms with Crippen LogP contribution in [0.1, 0.15) is 18.3 Å². The minimum Gasteiger partial charge on any atom is -0.493 e. The lowest BCUT2D eigenvalue weighted by atomic mass is 10.1. The number of halogens is 1. The Kier molecular flexibility index (Phi) is 5.08. The van der Waals surface area contributed by atoms with Crippen LogP contribution in [0.3, 0.4) is 0 Å². The van der Waals surface area contributed by atoms with E-state index in [0.717, 1.165) is 10.0 Å².